The largest absolute Gasteiger partial charge is 0.287 e. The van der Waals surface area contributed by atoms with Crippen LogP contribution in [0.15, 0.2) is 0 Å². The molecule has 0 aliphatic carbocycles. The zero-order valence-corrected chi connectivity index (χ0v) is 8.53. The molecule has 0 aromatic heterocycles. The topological polar surface area (TPSA) is 23.5 Å². The van der Waals surface area contributed by atoms with E-state index in [1.165, 1.54) is 5.06 Å². The van der Waals surface area contributed by atoms with E-state index in [2.05, 4.69) is 0 Å². The number of nitrogens with zero attached hydrogens (tertiary/aromatic N) is 1. The zero-order valence-electron chi connectivity index (χ0n) is 7.72. The van der Waals surface area contributed by atoms with Crippen LogP contribution in [0.1, 0.15) is 40.5 Å². The van der Waals surface area contributed by atoms with E-state index >= 15 is 0 Å². The van der Waals surface area contributed by atoms with Crippen LogP contribution in [0.25, 0.3) is 0 Å². The third kappa shape index (κ3) is 3.68. The molecule has 0 atom stereocenters. The molecule has 0 radical (unpaired) electrons. The van der Waals surface area contributed by atoms with E-state index in [0.29, 0.717) is 4.99 Å². The summed E-state index contributed by atoms with van der Waals surface area (Å²) in [6.45, 7) is 7.82. The Balaban J connectivity index is 4.03. The van der Waals surface area contributed by atoms with Gasteiger partial charge in [0.05, 0.1) is 5.54 Å². The molecular weight excluding hydrogens is 158 g/mol. The second-order valence-corrected chi connectivity index (χ2v) is 4.10. The summed E-state index contributed by atoms with van der Waals surface area (Å²) in [7, 11) is 0. The summed E-state index contributed by atoms with van der Waals surface area (Å²) in [4.78, 5) is 0.625. The first-order chi connectivity index (χ1) is 4.89. The summed E-state index contributed by atoms with van der Waals surface area (Å²) in [5, 5.41) is 10.6. The van der Waals surface area contributed by atoms with Crippen LogP contribution in [0.2, 0.25) is 0 Å². The molecule has 0 heterocycles. The lowest BCUT2D eigenvalue weighted by Crippen LogP contribution is -2.42. The Kier molecular flexibility index (Phi) is 3.97. The van der Waals surface area contributed by atoms with Gasteiger partial charge in [0, 0.05) is 0 Å². The van der Waals surface area contributed by atoms with Crippen LogP contribution in [0.5, 0.6) is 0 Å². The maximum Gasteiger partial charge on any atom is 0.104 e. The van der Waals surface area contributed by atoms with Gasteiger partial charge < -0.3 is 0 Å². The van der Waals surface area contributed by atoms with Crippen LogP contribution in [-0.4, -0.2) is 20.8 Å². The minimum Gasteiger partial charge on any atom is -0.287 e. The Morgan fingerprint density at radius 2 is 1.91 bits per heavy atom. The van der Waals surface area contributed by atoms with E-state index in [0.717, 1.165) is 12.8 Å². The highest BCUT2D eigenvalue weighted by molar-refractivity contribution is 7.80. The first-order valence-electron chi connectivity index (χ1n) is 3.91. The zero-order chi connectivity index (χ0) is 9.07. The Bertz CT molecular complexity index is 140. The predicted molar refractivity (Wildman–Crippen MR) is 50.9 cm³/mol. The lowest BCUT2D eigenvalue weighted by molar-refractivity contribution is -0.0840. The normalized spacial score (nSPS) is 11.4. The summed E-state index contributed by atoms with van der Waals surface area (Å²) in [6, 6.07) is 0. The van der Waals surface area contributed by atoms with E-state index in [1.54, 1.807) is 0 Å². The van der Waals surface area contributed by atoms with E-state index < -0.39 is 0 Å². The molecule has 0 unspecified atom stereocenters. The number of hydrogen-bond donors (Lipinski definition) is 1. The monoisotopic (exact) mass is 175 g/mol. The first kappa shape index (κ1) is 10.8. The van der Waals surface area contributed by atoms with Crippen LogP contribution >= 0.6 is 12.2 Å². The van der Waals surface area contributed by atoms with E-state index in [1.807, 2.05) is 27.7 Å². The molecular formula is C8H17NOS. The smallest absolute Gasteiger partial charge is 0.104 e. The Labute approximate surface area is 74.2 Å². The van der Waals surface area contributed by atoms with Gasteiger partial charge in [-0.1, -0.05) is 19.1 Å². The Morgan fingerprint density at radius 3 is 2.18 bits per heavy atom. The van der Waals surface area contributed by atoms with Gasteiger partial charge >= 0.3 is 0 Å². The molecule has 11 heavy (non-hydrogen) atoms. The van der Waals surface area contributed by atoms with Gasteiger partial charge in [-0.05, 0) is 33.6 Å². The number of rotatable bonds is 2. The van der Waals surface area contributed by atoms with Gasteiger partial charge in [-0.25, -0.2) is 5.06 Å². The van der Waals surface area contributed by atoms with Gasteiger partial charge in [0.25, 0.3) is 0 Å². The van der Waals surface area contributed by atoms with Gasteiger partial charge in [0.1, 0.15) is 4.99 Å². The van der Waals surface area contributed by atoms with Crippen LogP contribution in [0.3, 0.4) is 0 Å². The van der Waals surface area contributed by atoms with Crippen LogP contribution < -0.4 is 0 Å². The van der Waals surface area contributed by atoms with Gasteiger partial charge in [-0.3, -0.25) is 5.21 Å². The summed E-state index contributed by atoms with van der Waals surface area (Å²) < 4.78 is 0. The van der Waals surface area contributed by atoms with Gasteiger partial charge in [0.2, 0.25) is 0 Å². The average Bonchev–Trinajstić information content (AvgIpc) is 1.85. The predicted octanol–water partition coefficient (Wildman–Crippen LogP) is 2.60. The second-order valence-electron chi connectivity index (χ2n) is 3.63. The maximum atomic E-state index is 9.48. The number of hydrogen-bond acceptors (Lipinski definition) is 2. The molecule has 66 valence electrons. The fourth-order valence-corrected chi connectivity index (χ4v) is 1.17. The minimum absolute atomic E-state index is 0.272. The van der Waals surface area contributed by atoms with Crippen molar-refractivity contribution in [2.45, 2.75) is 46.1 Å². The van der Waals surface area contributed by atoms with Crippen LogP contribution in [0.4, 0.5) is 0 Å². The average molecular weight is 175 g/mol. The SMILES string of the molecule is CCCC(=S)N(O)C(C)(C)C. The molecule has 3 heteroatoms. The van der Waals surface area contributed by atoms with Crippen molar-refractivity contribution in [3.63, 3.8) is 0 Å². The molecule has 0 aliphatic rings. The molecule has 0 spiro atoms. The lowest BCUT2D eigenvalue weighted by Gasteiger charge is -2.31. The Morgan fingerprint density at radius 1 is 1.45 bits per heavy atom. The minimum atomic E-state index is -0.272. The highest BCUT2D eigenvalue weighted by Gasteiger charge is 2.20. The fraction of sp³-hybridized carbons (Fsp3) is 0.875. The Hall–Kier alpha value is -0.150. The van der Waals surface area contributed by atoms with Crippen molar-refractivity contribution in [2.24, 2.45) is 0 Å². The third-order valence-electron chi connectivity index (χ3n) is 1.34. The fourth-order valence-electron chi connectivity index (χ4n) is 0.694. The van der Waals surface area contributed by atoms with Crippen molar-refractivity contribution >= 4 is 17.2 Å². The molecule has 0 amide bonds. The molecule has 0 bridgehead atoms. The van der Waals surface area contributed by atoms with E-state index in [4.69, 9.17) is 12.2 Å². The van der Waals surface area contributed by atoms with E-state index in [9.17, 15) is 5.21 Å². The maximum absolute atomic E-state index is 9.48. The second kappa shape index (κ2) is 4.02. The van der Waals surface area contributed by atoms with Crippen molar-refractivity contribution in [2.75, 3.05) is 0 Å². The summed E-state index contributed by atoms with van der Waals surface area (Å²) >= 11 is 5.00. The van der Waals surface area contributed by atoms with Gasteiger partial charge in [-0.2, -0.15) is 0 Å². The number of thiocarbonyl (C=S) groups is 1. The van der Waals surface area contributed by atoms with Gasteiger partial charge in [0.15, 0.2) is 0 Å². The number of hydroxylamine groups is 2. The summed E-state index contributed by atoms with van der Waals surface area (Å²) in [5.74, 6) is 0. The van der Waals surface area contributed by atoms with Crippen molar-refractivity contribution in [3.05, 3.63) is 0 Å². The third-order valence-corrected chi connectivity index (χ3v) is 1.71. The molecule has 0 saturated carbocycles. The summed E-state index contributed by atoms with van der Waals surface area (Å²) in [6.07, 6.45) is 1.76. The summed E-state index contributed by atoms with van der Waals surface area (Å²) in [5.41, 5.74) is -0.272. The molecule has 0 rings (SSSR count). The van der Waals surface area contributed by atoms with Crippen molar-refractivity contribution < 1.29 is 5.21 Å². The molecule has 0 saturated heterocycles. The van der Waals surface area contributed by atoms with E-state index in [-0.39, 0.29) is 5.54 Å². The standard InChI is InChI=1S/C8H17NOS/c1-5-6-7(11)9(10)8(2,3)4/h10H,5-6H2,1-4H3. The molecule has 0 aromatic carbocycles. The first-order valence-corrected chi connectivity index (χ1v) is 4.32. The molecule has 0 aliphatic heterocycles. The molecule has 2 nitrogen and oxygen atoms in total. The molecule has 0 fully saturated rings. The van der Waals surface area contributed by atoms with Crippen molar-refractivity contribution in [1.82, 2.24) is 5.06 Å². The highest BCUT2D eigenvalue weighted by Crippen LogP contribution is 2.12. The quantitative estimate of drug-likeness (QED) is 0.515. The van der Waals surface area contributed by atoms with Crippen LogP contribution in [-0.2, 0) is 0 Å². The van der Waals surface area contributed by atoms with Crippen molar-refractivity contribution in [1.29, 1.82) is 0 Å². The van der Waals surface area contributed by atoms with Crippen molar-refractivity contribution in [3.8, 4) is 0 Å². The molecule has 1 N–H and O–H groups in total. The van der Waals surface area contributed by atoms with Crippen LogP contribution in [0, 0.1) is 0 Å². The van der Waals surface area contributed by atoms with Gasteiger partial charge in [-0.15, -0.1) is 0 Å². The highest BCUT2D eigenvalue weighted by atomic mass is 32.1. The lowest BCUT2D eigenvalue weighted by atomic mass is 10.1. The molecule has 0 aromatic rings.